The standard InChI is InChI=1S/C14H19N5O3/c1-5-18-8-11(12(17-18)14(21)22-4)15-13(20)10(3)19-7-6-9(2)16-19/h6-8,10H,5H2,1-4H3,(H,15,20). The average Bonchev–Trinajstić information content (AvgIpc) is 3.11. The molecule has 0 aromatic carbocycles. The fourth-order valence-corrected chi connectivity index (χ4v) is 1.93. The second-order valence-corrected chi connectivity index (χ2v) is 4.84. The van der Waals surface area contributed by atoms with Crippen LogP contribution in [0.4, 0.5) is 5.69 Å². The number of hydrogen-bond acceptors (Lipinski definition) is 5. The number of anilines is 1. The molecule has 118 valence electrons. The number of nitrogens with zero attached hydrogens (tertiary/aromatic N) is 4. The number of ether oxygens (including phenoxy) is 1. The lowest BCUT2D eigenvalue weighted by molar-refractivity contribution is -0.119. The molecule has 2 rings (SSSR count). The van der Waals surface area contributed by atoms with Gasteiger partial charge in [-0.05, 0) is 26.8 Å². The SMILES string of the molecule is CCn1cc(NC(=O)C(C)n2ccc(C)n2)c(C(=O)OC)n1. The molecule has 0 aliphatic rings. The summed E-state index contributed by atoms with van der Waals surface area (Å²) in [5, 5.41) is 11.0. The van der Waals surface area contributed by atoms with Gasteiger partial charge >= 0.3 is 5.97 Å². The van der Waals surface area contributed by atoms with Gasteiger partial charge in [-0.1, -0.05) is 0 Å². The second kappa shape index (κ2) is 6.42. The second-order valence-electron chi connectivity index (χ2n) is 4.84. The maximum Gasteiger partial charge on any atom is 0.360 e. The van der Waals surface area contributed by atoms with Gasteiger partial charge in [-0.25, -0.2) is 4.79 Å². The summed E-state index contributed by atoms with van der Waals surface area (Å²) in [5.74, 6) is -0.881. The Hall–Kier alpha value is -2.64. The highest BCUT2D eigenvalue weighted by Gasteiger charge is 2.22. The third-order valence-corrected chi connectivity index (χ3v) is 3.24. The van der Waals surface area contributed by atoms with Gasteiger partial charge in [0.05, 0.1) is 18.5 Å². The van der Waals surface area contributed by atoms with E-state index in [0.717, 1.165) is 5.69 Å². The van der Waals surface area contributed by atoms with Crippen LogP contribution in [0.25, 0.3) is 0 Å². The summed E-state index contributed by atoms with van der Waals surface area (Å²) in [6, 6.07) is 1.31. The Morgan fingerprint density at radius 1 is 1.41 bits per heavy atom. The molecule has 2 heterocycles. The molecule has 8 nitrogen and oxygen atoms in total. The Balaban J connectivity index is 2.20. The molecule has 0 fully saturated rings. The fourth-order valence-electron chi connectivity index (χ4n) is 1.93. The first kappa shape index (κ1) is 15.7. The van der Waals surface area contributed by atoms with Crippen LogP contribution in [0.5, 0.6) is 0 Å². The zero-order chi connectivity index (χ0) is 16.3. The van der Waals surface area contributed by atoms with Gasteiger partial charge in [-0.2, -0.15) is 10.2 Å². The largest absolute Gasteiger partial charge is 0.464 e. The first-order valence-corrected chi connectivity index (χ1v) is 6.94. The van der Waals surface area contributed by atoms with Crippen LogP contribution in [0, 0.1) is 6.92 Å². The maximum atomic E-state index is 12.3. The molecule has 1 N–H and O–H groups in total. The Morgan fingerprint density at radius 2 is 2.14 bits per heavy atom. The number of aryl methyl sites for hydroxylation is 2. The first-order chi connectivity index (χ1) is 10.5. The van der Waals surface area contributed by atoms with E-state index in [1.807, 2.05) is 19.9 Å². The van der Waals surface area contributed by atoms with Crippen molar-refractivity contribution in [2.24, 2.45) is 0 Å². The predicted molar refractivity (Wildman–Crippen MR) is 79.5 cm³/mol. The number of amides is 1. The van der Waals surface area contributed by atoms with Crippen LogP contribution in [0.15, 0.2) is 18.5 Å². The molecule has 8 heteroatoms. The van der Waals surface area contributed by atoms with Crippen LogP contribution in [0.1, 0.15) is 36.1 Å². The lowest BCUT2D eigenvalue weighted by Gasteiger charge is -2.12. The minimum absolute atomic E-state index is 0.0848. The monoisotopic (exact) mass is 305 g/mol. The van der Waals surface area contributed by atoms with Crippen molar-refractivity contribution in [2.45, 2.75) is 33.4 Å². The van der Waals surface area contributed by atoms with Crippen LogP contribution in [-0.4, -0.2) is 38.5 Å². The van der Waals surface area contributed by atoms with Crippen LogP contribution in [0.3, 0.4) is 0 Å². The minimum Gasteiger partial charge on any atom is -0.464 e. The molecule has 1 atom stereocenters. The fraction of sp³-hybridized carbons (Fsp3) is 0.429. The van der Waals surface area contributed by atoms with Crippen LogP contribution in [0.2, 0.25) is 0 Å². The van der Waals surface area contributed by atoms with Gasteiger partial charge in [0, 0.05) is 18.9 Å². The van der Waals surface area contributed by atoms with Gasteiger partial charge in [-0.15, -0.1) is 0 Å². The molecule has 2 aromatic rings. The van der Waals surface area contributed by atoms with E-state index in [2.05, 4.69) is 20.3 Å². The van der Waals surface area contributed by atoms with Gasteiger partial charge in [-0.3, -0.25) is 14.2 Å². The summed E-state index contributed by atoms with van der Waals surface area (Å²) in [5.41, 5.74) is 1.24. The van der Waals surface area contributed by atoms with Crippen LogP contribution in [-0.2, 0) is 16.1 Å². The lowest BCUT2D eigenvalue weighted by atomic mass is 10.3. The number of nitrogens with one attached hydrogen (secondary N) is 1. The molecular formula is C14H19N5O3. The van der Waals surface area contributed by atoms with E-state index >= 15 is 0 Å². The molecule has 0 aliphatic carbocycles. The third kappa shape index (κ3) is 3.16. The summed E-state index contributed by atoms with van der Waals surface area (Å²) in [6.45, 7) is 6.04. The summed E-state index contributed by atoms with van der Waals surface area (Å²) < 4.78 is 7.80. The molecule has 2 aromatic heterocycles. The topological polar surface area (TPSA) is 91.0 Å². The van der Waals surface area contributed by atoms with E-state index < -0.39 is 12.0 Å². The molecule has 0 bridgehead atoms. The van der Waals surface area contributed by atoms with Crippen molar-refractivity contribution < 1.29 is 14.3 Å². The Bertz CT molecular complexity index is 688. The van der Waals surface area contributed by atoms with Crippen LogP contribution < -0.4 is 5.32 Å². The highest BCUT2D eigenvalue weighted by atomic mass is 16.5. The van der Waals surface area contributed by atoms with Crippen LogP contribution >= 0.6 is 0 Å². The summed E-state index contributed by atoms with van der Waals surface area (Å²) in [4.78, 5) is 24.0. The van der Waals surface area contributed by atoms with Gasteiger partial charge in [0.15, 0.2) is 5.69 Å². The van der Waals surface area contributed by atoms with E-state index in [1.54, 1.807) is 28.7 Å². The van der Waals surface area contributed by atoms with Crippen molar-refractivity contribution in [3.05, 3.63) is 29.8 Å². The first-order valence-electron chi connectivity index (χ1n) is 6.94. The molecule has 0 saturated carbocycles. The predicted octanol–water partition coefficient (Wildman–Crippen LogP) is 1.39. The zero-order valence-electron chi connectivity index (χ0n) is 13.0. The van der Waals surface area contributed by atoms with Gasteiger partial charge < -0.3 is 10.1 Å². The van der Waals surface area contributed by atoms with Crippen molar-refractivity contribution >= 4 is 17.6 Å². The number of rotatable bonds is 5. The summed E-state index contributed by atoms with van der Waals surface area (Å²) in [7, 11) is 1.27. The number of carbonyl (C=O) groups is 2. The molecular weight excluding hydrogens is 286 g/mol. The molecule has 1 unspecified atom stereocenters. The Labute approximate surface area is 128 Å². The zero-order valence-corrected chi connectivity index (χ0v) is 13.0. The number of hydrogen-bond donors (Lipinski definition) is 1. The van der Waals surface area contributed by atoms with Crippen molar-refractivity contribution in [1.29, 1.82) is 0 Å². The molecule has 0 saturated heterocycles. The summed E-state index contributed by atoms with van der Waals surface area (Å²) >= 11 is 0. The van der Waals surface area contributed by atoms with E-state index in [1.165, 1.54) is 7.11 Å². The van der Waals surface area contributed by atoms with E-state index in [9.17, 15) is 9.59 Å². The molecule has 0 spiro atoms. The Kier molecular flexibility index (Phi) is 4.59. The highest BCUT2D eigenvalue weighted by molar-refractivity contribution is 6.00. The number of carbonyl (C=O) groups excluding carboxylic acids is 2. The van der Waals surface area contributed by atoms with E-state index in [0.29, 0.717) is 12.2 Å². The molecule has 22 heavy (non-hydrogen) atoms. The molecule has 1 amide bonds. The smallest absolute Gasteiger partial charge is 0.360 e. The van der Waals surface area contributed by atoms with Crippen molar-refractivity contribution in [3.63, 3.8) is 0 Å². The molecule has 0 radical (unpaired) electrons. The molecule has 0 aliphatic heterocycles. The van der Waals surface area contributed by atoms with E-state index in [-0.39, 0.29) is 11.6 Å². The third-order valence-electron chi connectivity index (χ3n) is 3.24. The highest BCUT2D eigenvalue weighted by Crippen LogP contribution is 2.17. The van der Waals surface area contributed by atoms with Gasteiger partial charge in [0.25, 0.3) is 0 Å². The number of methoxy groups -OCH3 is 1. The van der Waals surface area contributed by atoms with Crippen molar-refractivity contribution in [3.8, 4) is 0 Å². The normalized spacial score (nSPS) is 12.0. The van der Waals surface area contributed by atoms with Crippen molar-refractivity contribution in [1.82, 2.24) is 19.6 Å². The maximum absolute atomic E-state index is 12.3. The lowest BCUT2D eigenvalue weighted by Crippen LogP contribution is -2.24. The minimum atomic E-state index is -0.593. The average molecular weight is 305 g/mol. The number of aromatic nitrogens is 4. The van der Waals surface area contributed by atoms with E-state index in [4.69, 9.17) is 0 Å². The number of esters is 1. The van der Waals surface area contributed by atoms with Gasteiger partial charge in [0.2, 0.25) is 5.91 Å². The summed E-state index contributed by atoms with van der Waals surface area (Å²) in [6.07, 6.45) is 3.33. The quantitative estimate of drug-likeness (QED) is 0.843. The van der Waals surface area contributed by atoms with Crippen molar-refractivity contribution in [2.75, 3.05) is 12.4 Å². The van der Waals surface area contributed by atoms with Gasteiger partial charge in [0.1, 0.15) is 6.04 Å². The Morgan fingerprint density at radius 3 is 2.68 bits per heavy atom.